The van der Waals surface area contributed by atoms with E-state index in [1.165, 1.54) is 0 Å². The summed E-state index contributed by atoms with van der Waals surface area (Å²) in [4.78, 5) is 2.04. The van der Waals surface area contributed by atoms with Crippen molar-refractivity contribution in [1.29, 1.82) is 0 Å². The van der Waals surface area contributed by atoms with Crippen LogP contribution in [0.5, 0.6) is 0 Å². The molecule has 0 N–H and O–H groups in total. The van der Waals surface area contributed by atoms with Gasteiger partial charge in [0, 0.05) is 0 Å². The molecule has 0 aromatic carbocycles. The predicted octanol–water partition coefficient (Wildman–Crippen LogP) is 0.209. The van der Waals surface area contributed by atoms with E-state index in [2.05, 4.69) is 15.8 Å². The molecule has 0 aliphatic carbocycles. The lowest BCUT2D eigenvalue weighted by Gasteiger charge is -1.96. The molecule has 5 heavy (non-hydrogen) atoms. The van der Waals surface area contributed by atoms with E-state index in [9.17, 15) is 0 Å². The van der Waals surface area contributed by atoms with Crippen LogP contribution in [0.2, 0.25) is 0 Å². The SMILES string of the molecule is CN(C)BBr. The number of hydrogen-bond donors (Lipinski definition) is 0. The lowest BCUT2D eigenvalue weighted by molar-refractivity contribution is 0.675. The molecule has 0 fully saturated rings. The standard InChI is InChI=1S/C2H7BBrN/c1-5(2)3-4/h3H,1-2H3. The Morgan fingerprint density at radius 3 is 1.80 bits per heavy atom. The van der Waals surface area contributed by atoms with Gasteiger partial charge in [-0.2, -0.15) is 0 Å². The molecule has 0 atom stereocenters. The first-order chi connectivity index (χ1) is 2.27. The fourth-order valence-corrected chi connectivity index (χ4v) is 0. The van der Waals surface area contributed by atoms with Crippen LogP contribution in [0.25, 0.3) is 0 Å². The summed E-state index contributed by atoms with van der Waals surface area (Å²) in [5, 5.41) is 0. The summed E-state index contributed by atoms with van der Waals surface area (Å²) in [6.45, 7) is 0. The van der Waals surface area contributed by atoms with E-state index < -0.39 is 0 Å². The van der Waals surface area contributed by atoms with Crippen LogP contribution in [-0.4, -0.2) is 25.1 Å². The number of halogens is 1. The van der Waals surface area contributed by atoms with Crippen LogP contribution in [0.4, 0.5) is 0 Å². The van der Waals surface area contributed by atoms with E-state index in [0.29, 0.717) is 0 Å². The molecule has 30 valence electrons. The Labute approximate surface area is 41.6 Å². The molecule has 0 saturated heterocycles. The molecule has 0 aromatic heterocycles. The summed E-state index contributed by atoms with van der Waals surface area (Å²) in [7, 11) is 4.02. The fraction of sp³-hybridized carbons (Fsp3) is 1.00. The second kappa shape index (κ2) is 2.73. The third-order valence-corrected chi connectivity index (χ3v) is 1.24. The van der Waals surface area contributed by atoms with Crippen molar-refractivity contribution in [3.05, 3.63) is 0 Å². The first-order valence-corrected chi connectivity index (χ1v) is 2.60. The van der Waals surface area contributed by atoms with Gasteiger partial charge < -0.3 is 4.81 Å². The number of rotatable bonds is 1. The normalized spacial score (nSPS) is 8.80. The second-order valence-electron chi connectivity index (χ2n) is 1.20. The Balaban J connectivity index is 2.54. The minimum Gasteiger partial charge on any atom is -0.341 e. The average molecular weight is 136 g/mol. The van der Waals surface area contributed by atoms with E-state index >= 15 is 0 Å². The van der Waals surface area contributed by atoms with Gasteiger partial charge in [-0.3, -0.25) is 0 Å². The van der Waals surface area contributed by atoms with Gasteiger partial charge in [0.15, 0.2) is 0 Å². The van der Waals surface area contributed by atoms with Crippen molar-refractivity contribution >= 4 is 22.0 Å². The van der Waals surface area contributed by atoms with Crippen molar-refractivity contribution in [2.45, 2.75) is 0 Å². The summed E-state index contributed by atoms with van der Waals surface area (Å²) in [6, 6.07) is 0. The third-order valence-electron chi connectivity index (χ3n) is 0.239. The summed E-state index contributed by atoms with van der Waals surface area (Å²) < 4.78 is 0. The summed E-state index contributed by atoms with van der Waals surface area (Å²) in [5.74, 6) is 0. The monoisotopic (exact) mass is 135 g/mol. The molecule has 3 heteroatoms. The summed E-state index contributed by atoms with van der Waals surface area (Å²) in [5.41, 5.74) is 0. The van der Waals surface area contributed by atoms with Gasteiger partial charge in [0.25, 0.3) is 6.24 Å². The van der Waals surface area contributed by atoms with Crippen LogP contribution in [-0.2, 0) is 0 Å². The molecule has 0 amide bonds. The average Bonchev–Trinajstić information content (AvgIpc) is 1.38. The zero-order chi connectivity index (χ0) is 4.28. The first-order valence-electron chi connectivity index (χ1n) is 1.48. The van der Waals surface area contributed by atoms with Gasteiger partial charge in [-0.15, -0.1) is 15.8 Å². The topological polar surface area (TPSA) is 3.24 Å². The second-order valence-corrected chi connectivity index (χ2v) is 1.70. The van der Waals surface area contributed by atoms with Crippen molar-refractivity contribution in [3.8, 4) is 0 Å². The Morgan fingerprint density at radius 1 is 1.60 bits per heavy atom. The maximum atomic E-state index is 3.24. The molecule has 0 spiro atoms. The van der Waals surface area contributed by atoms with Crippen molar-refractivity contribution in [3.63, 3.8) is 0 Å². The quantitative estimate of drug-likeness (QED) is 0.465. The van der Waals surface area contributed by atoms with E-state index in [4.69, 9.17) is 0 Å². The molecule has 1 nitrogen and oxygen atoms in total. The number of hydrogen-bond acceptors (Lipinski definition) is 1. The third kappa shape index (κ3) is 4.50. The molecule has 0 heterocycles. The maximum Gasteiger partial charge on any atom is 0.284 e. The highest BCUT2D eigenvalue weighted by atomic mass is 79.9. The van der Waals surface area contributed by atoms with Gasteiger partial charge in [-0.1, -0.05) is 0 Å². The predicted molar refractivity (Wildman–Crippen MR) is 29.8 cm³/mol. The minimum atomic E-state index is 0.951. The van der Waals surface area contributed by atoms with Gasteiger partial charge in [0.1, 0.15) is 0 Å². The van der Waals surface area contributed by atoms with Gasteiger partial charge in [-0.05, 0) is 14.1 Å². The summed E-state index contributed by atoms with van der Waals surface area (Å²) >= 11 is 3.24. The molecular formula is C2H7BBrN. The lowest BCUT2D eigenvalue weighted by Crippen LogP contribution is -2.10. The zero-order valence-electron chi connectivity index (χ0n) is 3.53. The van der Waals surface area contributed by atoms with Crippen molar-refractivity contribution in [2.75, 3.05) is 14.1 Å². The molecule has 0 saturated carbocycles. The molecule has 0 unspecified atom stereocenters. The van der Waals surface area contributed by atoms with Crippen LogP contribution >= 0.6 is 15.8 Å². The Morgan fingerprint density at radius 2 is 1.80 bits per heavy atom. The van der Waals surface area contributed by atoms with Gasteiger partial charge in [0.05, 0.1) is 0 Å². The van der Waals surface area contributed by atoms with Gasteiger partial charge in [-0.25, -0.2) is 0 Å². The van der Waals surface area contributed by atoms with Gasteiger partial charge >= 0.3 is 0 Å². The van der Waals surface area contributed by atoms with Crippen LogP contribution < -0.4 is 0 Å². The van der Waals surface area contributed by atoms with Crippen molar-refractivity contribution < 1.29 is 0 Å². The van der Waals surface area contributed by atoms with Gasteiger partial charge in [0.2, 0.25) is 0 Å². The Bertz CT molecular complexity index is 23.6. The zero-order valence-corrected chi connectivity index (χ0v) is 5.12. The van der Waals surface area contributed by atoms with E-state index in [0.717, 1.165) is 6.24 Å². The highest BCUT2D eigenvalue weighted by Crippen LogP contribution is 1.73. The van der Waals surface area contributed by atoms with Crippen molar-refractivity contribution in [1.82, 2.24) is 4.81 Å². The van der Waals surface area contributed by atoms with Crippen molar-refractivity contribution in [2.24, 2.45) is 0 Å². The van der Waals surface area contributed by atoms with Crippen LogP contribution in [0.15, 0.2) is 0 Å². The fourth-order valence-electron chi connectivity index (χ4n) is 0. The van der Waals surface area contributed by atoms with E-state index in [-0.39, 0.29) is 0 Å². The summed E-state index contributed by atoms with van der Waals surface area (Å²) in [6.07, 6.45) is 0.951. The molecule has 0 aromatic rings. The lowest BCUT2D eigenvalue weighted by atomic mass is 10.4. The molecular weight excluding hydrogens is 129 g/mol. The minimum absolute atomic E-state index is 0.951. The molecule has 0 aliphatic heterocycles. The largest absolute Gasteiger partial charge is 0.341 e. The van der Waals surface area contributed by atoms with Crippen LogP contribution in [0.3, 0.4) is 0 Å². The van der Waals surface area contributed by atoms with E-state index in [1.54, 1.807) is 0 Å². The Hall–Kier alpha value is 0.505. The molecule has 0 radical (unpaired) electrons. The molecule has 0 aliphatic rings. The maximum absolute atomic E-state index is 3.24. The highest BCUT2D eigenvalue weighted by Gasteiger charge is 1.79. The molecule has 0 bridgehead atoms. The smallest absolute Gasteiger partial charge is 0.284 e. The van der Waals surface area contributed by atoms with Crippen LogP contribution in [0.1, 0.15) is 0 Å². The van der Waals surface area contributed by atoms with Crippen LogP contribution in [0, 0.1) is 0 Å². The Kier molecular flexibility index (Phi) is 3.00. The first kappa shape index (κ1) is 5.50. The highest BCUT2D eigenvalue weighted by molar-refractivity contribution is 9.23. The molecule has 0 rings (SSSR count). The number of nitrogens with zero attached hydrogens (tertiary/aromatic N) is 1. The van der Waals surface area contributed by atoms with E-state index in [1.807, 2.05) is 18.9 Å².